The Kier molecular flexibility index (Phi) is 6.46. The van der Waals surface area contributed by atoms with Crippen molar-refractivity contribution in [2.45, 2.75) is 33.3 Å². The van der Waals surface area contributed by atoms with Gasteiger partial charge in [0.25, 0.3) is 0 Å². The van der Waals surface area contributed by atoms with Gasteiger partial charge in [-0.15, -0.1) is 13.2 Å². The number of fused-ring (bicyclic) bond motifs is 1. The van der Waals surface area contributed by atoms with E-state index in [-0.39, 0.29) is 5.95 Å². The Labute approximate surface area is 222 Å². The van der Waals surface area contributed by atoms with E-state index < -0.39 is 18.3 Å². The molecule has 4 aromatic rings. The number of hydrogen-bond acceptors (Lipinski definition) is 8. The first kappa shape index (κ1) is 25.8. The maximum Gasteiger partial charge on any atom is 0.573 e. The number of aryl methyl sites for hydroxylation is 3. The van der Waals surface area contributed by atoms with E-state index in [1.165, 1.54) is 0 Å². The van der Waals surface area contributed by atoms with Crippen LogP contribution in [0.4, 0.5) is 24.8 Å². The fraction of sp³-hybridized carbons (Fsp3) is 0.185. The molecule has 0 amide bonds. The average Bonchev–Trinajstić information content (AvgIpc) is 3.28. The van der Waals surface area contributed by atoms with Crippen LogP contribution in [-0.4, -0.2) is 32.2 Å². The van der Waals surface area contributed by atoms with Crippen molar-refractivity contribution in [1.82, 2.24) is 24.9 Å². The highest BCUT2D eigenvalue weighted by molar-refractivity contribution is 5.86. The third-order valence-corrected chi connectivity index (χ3v) is 6.25. The van der Waals surface area contributed by atoms with Gasteiger partial charge in [-0.25, -0.2) is 14.5 Å². The summed E-state index contributed by atoms with van der Waals surface area (Å²) in [5, 5.41) is 10.6. The first-order valence-electron chi connectivity index (χ1n) is 11.9. The number of ether oxygens (including phenoxy) is 1. The number of halogens is 3. The molecular formula is C27H25F3N8O. The van der Waals surface area contributed by atoms with Crippen molar-refractivity contribution in [1.29, 1.82) is 0 Å². The zero-order valence-electron chi connectivity index (χ0n) is 21.3. The van der Waals surface area contributed by atoms with Crippen LogP contribution in [-0.2, 0) is 4.74 Å². The van der Waals surface area contributed by atoms with Crippen molar-refractivity contribution in [3.8, 4) is 11.1 Å². The summed E-state index contributed by atoms with van der Waals surface area (Å²) in [5.41, 5.74) is 13.9. The molecule has 1 aromatic carbocycles. The highest BCUT2D eigenvalue weighted by atomic mass is 19.4. The lowest BCUT2D eigenvalue weighted by Gasteiger charge is -2.21. The lowest BCUT2D eigenvalue weighted by molar-refractivity contribution is -0.302. The summed E-state index contributed by atoms with van der Waals surface area (Å²) in [6, 6.07) is 9.56. The maximum absolute atomic E-state index is 12.5. The largest absolute Gasteiger partial charge is 0.573 e. The Balaban J connectivity index is 1.40. The van der Waals surface area contributed by atoms with E-state index >= 15 is 0 Å². The molecule has 5 rings (SSSR count). The molecule has 0 radical (unpaired) electrons. The second-order valence-corrected chi connectivity index (χ2v) is 9.05. The fourth-order valence-electron chi connectivity index (χ4n) is 4.46. The summed E-state index contributed by atoms with van der Waals surface area (Å²) in [6.45, 7) is 9.96. The number of pyridine rings is 1. The van der Waals surface area contributed by atoms with Crippen LogP contribution in [0.2, 0.25) is 0 Å². The second kappa shape index (κ2) is 9.78. The molecule has 9 nitrogen and oxygen atoms in total. The third kappa shape index (κ3) is 5.40. The Morgan fingerprint density at radius 3 is 2.54 bits per heavy atom. The van der Waals surface area contributed by atoms with Crippen LogP contribution in [0.5, 0.6) is 0 Å². The molecule has 1 aliphatic heterocycles. The van der Waals surface area contributed by atoms with Crippen molar-refractivity contribution in [2.24, 2.45) is 4.99 Å². The lowest BCUT2D eigenvalue weighted by Crippen LogP contribution is -2.22. The van der Waals surface area contributed by atoms with E-state index in [0.29, 0.717) is 5.70 Å². The molecular weight excluding hydrogens is 509 g/mol. The van der Waals surface area contributed by atoms with Gasteiger partial charge in [0, 0.05) is 34.9 Å². The number of nitrogens with two attached hydrogens (primary N) is 1. The maximum atomic E-state index is 12.5. The first-order chi connectivity index (χ1) is 18.5. The smallest absolute Gasteiger partial charge is 0.403 e. The summed E-state index contributed by atoms with van der Waals surface area (Å²) < 4.78 is 43.0. The van der Waals surface area contributed by atoms with Crippen LogP contribution in [0.3, 0.4) is 0 Å². The molecule has 0 bridgehead atoms. The van der Waals surface area contributed by atoms with Crippen LogP contribution in [0.15, 0.2) is 66.3 Å². The zero-order valence-corrected chi connectivity index (χ0v) is 21.3. The van der Waals surface area contributed by atoms with Gasteiger partial charge < -0.3 is 21.1 Å². The van der Waals surface area contributed by atoms with Crippen LogP contribution in [0, 0.1) is 20.8 Å². The van der Waals surface area contributed by atoms with Gasteiger partial charge in [0.05, 0.1) is 29.3 Å². The molecule has 0 fully saturated rings. The Morgan fingerprint density at radius 1 is 1.13 bits per heavy atom. The van der Waals surface area contributed by atoms with Gasteiger partial charge in [-0.1, -0.05) is 18.7 Å². The number of nitrogens with zero attached hydrogens (tertiary/aromatic N) is 5. The minimum atomic E-state index is -4.78. The predicted molar refractivity (Wildman–Crippen MR) is 144 cm³/mol. The monoisotopic (exact) mass is 534 g/mol. The van der Waals surface area contributed by atoms with Crippen molar-refractivity contribution >= 4 is 29.1 Å². The standard InChI is InChI=1S/C27H25F3N8O/c1-14-5-6-19(25-32-11-20(12-33-25)39-27(28,29)30)9-22(14)35-15(2)21-13-34-38-8-7-18(10-23(21)38)24-16(3)36-26(31)37-17(24)4/h5-13,25,32,35H,2H2,1,3-4H3,(H2,31,36,37). The molecule has 12 heteroatoms. The SMILES string of the molecule is C=C(Nc1cc(C2N=CC(OC(F)(F)F)=CN2)ccc1C)c1cnn2ccc(-c3c(C)nc(N)nc3C)cc12. The van der Waals surface area contributed by atoms with Gasteiger partial charge in [0.15, 0.2) is 5.76 Å². The van der Waals surface area contributed by atoms with Gasteiger partial charge >= 0.3 is 6.36 Å². The molecule has 4 heterocycles. The lowest BCUT2D eigenvalue weighted by atomic mass is 10.0. The van der Waals surface area contributed by atoms with Crippen LogP contribution in [0.1, 0.15) is 34.2 Å². The number of alkyl halides is 3. The highest BCUT2D eigenvalue weighted by Crippen LogP contribution is 2.31. The molecule has 3 aromatic heterocycles. The minimum Gasteiger partial charge on any atom is -0.403 e. The topological polar surface area (TPSA) is 115 Å². The summed E-state index contributed by atoms with van der Waals surface area (Å²) in [6.07, 6.45) is 0.420. The minimum absolute atomic E-state index is 0.232. The molecule has 1 atom stereocenters. The number of hydrogen-bond donors (Lipinski definition) is 3. The van der Waals surface area contributed by atoms with Gasteiger partial charge in [-0.05, 0) is 55.7 Å². The van der Waals surface area contributed by atoms with E-state index in [2.05, 4.69) is 42.0 Å². The van der Waals surface area contributed by atoms with E-state index in [0.717, 1.165) is 62.8 Å². The van der Waals surface area contributed by atoms with Gasteiger partial charge in [0.1, 0.15) is 6.17 Å². The number of nitrogen functional groups attached to an aromatic ring is 1. The molecule has 39 heavy (non-hydrogen) atoms. The number of rotatable bonds is 6. The molecule has 1 aliphatic rings. The van der Waals surface area contributed by atoms with Crippen LogP contribution >= 0.6 is 0 Å². The summed E-state index contributed by atoms with van der Waals surface area (Å²) in [4.78, 5) is 12.8. The molecule has 0 spiro atoms. The number of anilines is 2. The van der Waals surface area contributed by atoms with Crippen molar-refractivity contribution < 1.29 is 17.9 Å². The van der Waals surface area contributed by atoms with E-state index in [9.17, 15) is 13.2 Å². The average molecular weight is 535 g/mol. The number of benzene rings is 1. The highest BCUT2D eigenvalue weighted by Gasteiger charge is 2.32. The Bertz CT molecular complexity index is 1630. The van der Waals surface area contributed by atoms with Gasteiger partial charge in [-0.2, -0.15) is 5.10 Å². The van der Waals surface area contributed by atoms with E-state index in [1.807, 2.05) is 57.3 Å². The predicted octanol–water partition coefficient (Wildman–Crippen LogP) is 5.43. The Morgan fingerprint density at radius 2 is 1.87 bits per heavy atom. The number of aliphatic imine (C=N–C) groups is 1. The van der Waals surface area contributed by atoms with Crippen LogP contribution in [0.25, 0.3) is 22.3 Å². The Hall–Kier alpha value is -4.87. The summed E-state index contributed by atoms with van der Waals surface area (Å²) >= 11 is 0. The van der Waals surface area contributed by atoms with Crippen LogP contribution < -0.4 is 16.4 Å². The number of allylic oxidation sites excluding steroid dienone is 1. The summed E-state index contributed by atoms with van der Waals surface area (Å²) in [7, 11) is 0. The molecule has 0 saturated heterocycles. The molecule has 200 valence electrons. The van der Waals surface area contributed by atoms with E-state index in [4.69, 9.17) is 5.73 Å². The first-order valence-corrected chi connectivity index (χ1v) is 11.9. The zero-order chi connectivity index (χ0) is 27.9. The number of aromatic nitrogens is 4. The van der Waals surface area contributed by atoms with Crippen molar-refractivity contribution in [3.63, 3.8) is 0 Å². The van der Waals surface area contributed by atoms with Crippen molar-refractivity contribution in [3.05, 3.63) is 89.3 Å². The molecule has 0 aliphatic carbocycles. The number of nitrogens with one attached hydrogen (secondary N) is 2. The normalized spacial score (nSPS) is 15.1. The van der Waals surface area contributed by atoms with Gasteiger partial charge in [-0.3, -0.25) is 4.99 Å². The quantitative estimate of drug-likeness (QED) is 0.302. The second-order valence-electron chi connectivity index (χ2n) is 9.05. The molecule has 1 unspecified atom stereocenters. The molecule has 0 saturated carbocycles. The summed E-state index contributed by atoms with van der Waals surface area (Å²) in [5.74, 6) is -0.184. The molecule has 4 N–H and O–H groups in total. The third-order valence-electron chi connectivity index (χ3n) is 6.25. The van der Waals surface area contributed by atoms with E-state index in [1.54, 1.807) is 10.7 Å². The fourth-order valence-corrected chi connectivity index (χ4v) is 4.46. The van der Waals surface area contributed by atoms with Gasteiger partial charge in [0.2, 0.25) is 5.95 Å². The van der Waals surface area contributed by atoms with Crippen molar-refractivity contribution in [2.75, 3.05) is 11.1 Å².